The second kappa shape index (κ2) is 6.76. The van der Waals surface area contributed by atoms with E-state index in [9.17, 15) is 4.79 Å². The minimum atomic E-state index is -0.274. The van der Waals surface area contributed by atoms with Gasteiger partial charge in [0.15, 0.2) is 17.3 Å². The van der Waals surface area contributed by atoms with Crippen LogP contribution in [0.4, 0.5) is 0 Å². The molecule has 1 aliphatic heterocycles. The van der Waals surface area contributed by atoms with Crippen molar-refractivity contribution in [1.82, 2.24) is 0 Å². The van der Waals surface area contributed by atoms with E-state index in [-0.39, 0.29) is 11.5 Å². The number of ether oxygens (including phenoxy) is 5. The molecule has 0 spiro atoms. The Morgan fingerprint density at radius 1 is 0.880 bits per heavy atom. The molecule has 130 valence electrons. The molecule has 1 heterocycles. The van der Waals surface area contributed by atoms with Crippen molar-refractivity contribution in [2.45, 2.75) is 0 Å². The Bertz CT molecular complexity index is 836. The largest absolute Gasteiger partial charge is 0.497 e. The molecule has 0 radical (unpaired) electrons. The molecule has 6 nitrogen and oxygen atoms in total. The van der Waals surface area contributed by atoms with Gasteiger partial charge < -0.3 is 23.7 Å². The monoisotopic (exact) mass is 342 g/mol. The molecule has 0 aromatic heterocycles. The normalized spacial score (nSPS) is 14.1. The second-order valence-electron chi connectivity index (χ2n) is 5.23. The van der Waals surface area contributed by atoms with Crippen LogP contribution in [0.25, 0.3) is 6.08 Å². The summed E-state index contributed by atoms with van der Waals surface area (Å²) >= 11 is 0. The quantitative estimate of drug-likeness (QED) is 0.777. The van der Waals surface area contributed by atoms with E-state index in [4.69, 9.17) is 23.7 Å². The van der Waals surface area contributed by atoms with Crippen molar-refractivity contribution in [2.75, 3.05) is 28.4 Å². The first-order chi connectivity index (χ1) is 12.1. The molecule has 0 N–H and O–H groups in total. The van der Waals surface area contributed by atoms with Crippen LogP contribution >= 0.6 is 0 Å². The van der Waals surface area contributed by atoms with E-state index < -0.39 is 0 Å². The zero-order chi connectivity index (χ0) is 18.0. The van der Waals surface area contributed by atoms with E-state index in [1.54, 1.807) is 19.3 Å². The Morgan fingerprint density at radius 2 is 1.56 bits per heavy atom. The molecule has 6 heteroatoms. The molecule has 2 aromatic rings. The average Bonchev–Trinajstić information content (AvgIpc) is 2.97. The summed E-state index contributed by atoms with van der Waals surface area (Å²) in [6, 6.07) is 8.89. The van der Waals surface area contributed by atoms with Crippen molar-refractivity contribution in [2.24, 2.45) is 0 Å². The zero-order valence-electron chi connectivity index (χ0n) is 14.4. The van der Waals surface area contributed by atoms with E-state index in [0.717, 1.165) is 11.3 Å². The molecule has 1 aliphatic rings. The third-order valence-corrected chi connectivity index (χ3v) is 3.89. The lowest BCUT2D eigenvalue weighted by Crippen LogP contribution is -2.00. The number of carbonyl (C=O) groups is 1. The fourth-order valence-electron chi connectivity index (χ4n) is 2.64. The third kappa shape index (κ3) is 2.87. The Hall–Kier alpha value is -3.15. The smallest absolute Gasteiger partial charge is 0.235 e. The SMILES string of the molecule is COc1ccc(/C=C2\Oc3c(OC)c(OC)cc(OC)c3C2=O)cc1. The molecule has 0 bridgehead atoms. The van der Waals surface area contributed by atoms with E-state index in [0.29, 0.717) is 28.6 Å². The third-order valence-electron chi connectivity index (χ3n) is 3.89. The molecule has 0 atom stereocenters. The van der Waals surface area contributed by atoms with Crippen LogP contribution in [0.1, 0.15) is 15.9 Å². The highest BCUT2D eigenvalue weighted by molar-refractivity contribution is 6.17. The number of hydrogen-bond donors (Lipinski definition) is 0. The maximum Gasteiger partial charge on any atom is 0.235 e. The summed E-state index contributed by atoms with van der Waals surface area (Å²) in [5.41, 5.74) is 1.13. The Kier molecular flexibility index (Phi) is 4.52. The topological polar surface area (TPSA) is 63.2 Å². The number of methoxy groups -OCH3 is 4. The van der Waals surface area contributed by atoms with Gasteiger partial charge in [-0.15, -0.1) is 0 Å². The van der Waals surface area contributed by atoms with Crippen molar-refractivity contribution in [1.29, 1.82) is 0 Å². The molecule has 0 aliphatic carbocycles. The van der Waals surface area contributed by atoms with Crippen LogP contribution < -0.4 is 23.7 Å². The number of rotatable bonds is 5. The highest BCUT2D eigenvalue weighted by atomic mass is 16.5. The first-order valence-electron chi connectivity index (χ1n) is 7.54. The van der Waals surface area contributed by atoms with Crippen molar-refractivity contribution in [3.05, 3.63) is 47.2 Å². The lowest BCUT2D eigenvalue weighted by atomic mass is 10.1. The summed E-state index contributed by atoms with van der Waals surface area (Å²) in [4.78, 5) is 12.8. The molecular weight excluding hydrogens is 324 g/mol. The minimum Gasteiger partial charge on any atom is -0.497 e. The molecule has 0 saturated heterocycles. The Labute approximate surface area is 145 Å². The molecular formula is C19H18O6. The summed E-state index contributed by atoms with van der Waals surface area (Å²) in [5.74, 6) is 2.09. The van der Waals surface area contributed by atoms with Crippen LogP contribution in [-0.4, -0.2) is 34.2 Å². The van der Waals surface area contributed by atoms with Gasteiger partial charge in [0, 0.05) is 6.07 Å². The number of fused-ring (bicyclic) bond motifs is 1. The number of Topliss-reactive ketones (excluding diaryl/α,β-unsaturated/α-hetero) is 1. The number of benzene rings is 2. The summed E-state index contributed by atoms with van der Waals surface area (Å²) in [5, 5.41) is 0. The Morgan fingerprint density at radius 3 is 2.12 bits per heavy atom. The van der Waals surface area contributed by atoms with Crippen LogP contribution in [0.15, 0.2) is 36.1 Å². The molecule has 2 aromatic carbocycles. The van der Waals surface area contributed by atoms with Gasteiger partial charge in [0.05, 0.1) is 28.4 Å². The Balaban J connectivity index is 2.06. The predicted octanol–water partition coefficient (Wildman–Crippen LogP) is 3.34. The summed E-state index contributed by atoms with van der Waals surface area (Å²) in [6.07, 6.45) is 1.66. The summed E-state index contributed by atoms with van der Waals surface area (Å²) in [6.45, 7) is 0. The van der Waals surface area contributed by atoms with Gasteiger partial charge in [0.2, 0.25) is 11.5 Å². The van der Waals surface area contributed by atoms with Gasteiger partial charge in [0.25, 0.3) is 0 Å². The van der Waals surface area contributed by atoms with E-state index >= 15 is 0 Å². The minimum absolute atomic E-state index is 0.185. The molecule has 0 saturated carbocycles. The number of carbonyl (C=O) groups excluding carboxylic acids is 1. The van der Waals surface area contributed by atoms with E-state index in [1.807, 2.05) is 24.3 Å². The van der Waals surface area contributed by atoms with Crippen LogP contribution in [0.2, 0.25) is 0 Å². The van der Waals surface area contributed by atoms with Crippen molar-refractivity contribution >= 4 is 11.9 Å². The molecule has 0 amide bonds. The van der Waals surface area contributed by atoms with Crippen LogP contribution in [0.3, 0.4) is 0 Å². The molecule has 0 fully saturated rings. The summed E-state index contributed by atoms with van der Waals surface area (Å²) in [7, 11) is 6.08. The second-order valence-corrected chi connectivity index (χ2v) is 5.23. The number of allylic oxidation sites excluding steroid dienone is 1. The molecule has 3 rings (SSSR count). The van der Waals surface area contributed by atoms with Crippen molar-refractivity contribution < 1.29 is 28.5 Å². The van der Waals surface area contributed by atoms with Gasteiger partial charge in [-0.05, 0) is 23.8 Å². The first-order valence-corrected chi connectivity index (χ1v) is 7.54. The van der Waals surface area contributed by atoms with Crippen LogP contribution in [0.5, 0.6) is 28.7 Å². The van der Waals surface area contributed by atoms with E-state index in [2.05, 4.69) is 0 Å². The number of hydrogen-bond acceptors (Lipinski definition) is 6. The number of ketones is 1. The highest BCUT2D eigenvalue weighted by Crippen LogP contribution is 2.50. The molecule has 0 unspecified atom stereocenters. The van der Waals surface area contributed by atoms with E-state index in [1.165, 1.54) is 21.3 Å². The summed E-state index contributed by atoms with van der Waals surface area (Å²) < 4.78 is 26.9. The lowest BCUT2D eigenvalue weighted by molar-refractivity contribution is 0.101. The van der Waals surface area contributed by atoms with Crippen molar-refractivity contribution in [3.8, 4) is 28.7 Å². The maximum absolute atomic E-state index is 12.8. The average molecular weight is 342 g/mol. The standard InChI is InChI=1S/C19H18O6/c1-21-12-7-5-11(6-8-12)9-14-17(20)16-13(22-2)10-15(23-3)18(24-4)19(16)25-14/h5-10H,1-4H3/b14-9-. The van der Waals surface area contributed by atoms with Crippen LogP contribution in [0, 0.1) is 0 Å². The van der Waals surface area contributed by atoms with Crippen molar-refractivity contribution in [3.63, 3.8) is 0 Å². The fraction of sp³-hybridized carbons (Fsp3) is 0.211. The fourth-order valence-corrected chi connectivity index (χ4v) is 2.64. The van der Waals surface area contributed by atoms with Gasteiger partial charge in [-0.2, -0.15) is 0 Å². The van der Waals surface area contributed by atoms with Gasteiger partial charge in [0.1, 0.15) is 17.1 Å². The van der Waals surface area contributed by atoms with Gasteiger partial charge in [-0.25, -0.2) is 0 Å². The lowest BCUT2D eigenvalue weighted by Gasteiger charge is -2.13. The van der Waals surface area contributed by atoms with Gasteiger partial charge in [-0.3, -0.25) is 4.79 Å². The first kappa shape index (κ1) is 16.7. The van der Waals surface area contributed by atoms with Gasteiger partial charge >= 0.3 is 0 Å². The zero-order valence-corrected chi connectivity index (χ0v) is 14.4. The predicted molar refractivity (Wildman–Crippen MR) is 92.0 cm³/mol. The van der Waals surface area contributed by atoms with Gasteiger partial charge in [-0.1, -0.05) is 12.1 Å². The molecule has 25 heavy (non-hydrogen) atoms. The maximum atomic E-state index is 12.8. The van der Waals surface area contributed by atoms with Crippen LogP contribution in [-0.2, 0) is 0 Å². The highest BCUT2D eigenvalue weighted by Gasteiger charge is 2.36.